The predicted octanol–water partition coefficient (Wildman–Crippen LogP) is 2.37. The van der Waals surface area contributed by atoms with Gasteiger partial charge in [-0.1, -0.05) is 18.5 Å². The third-order valence-corrected chi connectivity index (χ3v) is 5.45. The molecule has 4 nitrogen and oxygen atoms in total. The maximum Gasteiger partial charge on any atom is 0.251 e. The van der Waals surface area contributed by atoms with E-state index in [2.05, 4.69) is 4.72 Å². The standard InChI is InChI=1S/C9H11ClN2O2S2/c1-3-9(2,6-11)12-16(13,14)8-5-4-7(10)15-8/h4-5,12H,3H2,1-2H3. The van der Waals surface area contributed by atoms with E-state index >= 15 is 0 Å². The molecule has 1 aromatic heterocycles. The molecule has 1 aromatic rings. The van der Waals surface area contributed by atoms with Gasteiger partial charge in [0.1, 0.15) is 9.75 Å². The second-order valence-electron chi connectivity index (χ2n) is 3.46. The van der Waals surface area contributed by atoms with Crippen molar-refractivity contribution in [2.45, 2.75) is 30.0 Å². The topological polar surface area (TPSA) is 70.0 Å². The third kappa shape index (κ3) is 2.95. The van der Waals surface area contributed by atoms with Crippen molar-refractivity contribution < 1.29 is 8.42 Å². The molecule has 0 aliphatic heterocycles. The maximum atomic E-state index is 11.9. The molecule has 0 aliphatic rings. The monoisotopic (exact) mass is 278 g/mol. The molecule has 88 valence electrons. The van der Waals surface area contributed by atoms with Crippen molar-refractivity contribution in [2.24, 2.45) is 0 Å². The lowest BCUT2D eigenvalue weighted by atomic mass is 10.0. The molecular weight excluding hydrogens is 268 g/mol. The number of hydrogen-bond acceptors (Lipinski definition) is 4. The van der Waals surface area contributed by atoms with Gasteiger partial charge in [-0.2, -0.15) is 9.98 Å². The third-order valence-electron chi connectivity index (χ3n) is 2.13. The van der Waals surface area contributed by atoms with Crippen LogP contribution in [-0.2, 0) is 10.0 Å². The quantitative estimate of drug-likeness (QED) is 0.919. The van der Waals surface area contributed by atoms with E-state index in [1.54, 1.807) is 13.8 Å². The summed E-state index contributed by atoms with van der Waals surface area (Å²) in [5.74, 6) is 0. The summed E-state index contributed by atoms with van der Waals surface area (Å²) in [6.45, 7) is 3.28. The molecule has 1 N–H and O–H groups in total. The molecule has 0 spiro atoms. The van der Waals surface area contributed by atoms with Crippen LogP contribution in [0.15, 0.2) is 16.3 Å². The van der Waals surface area contributed by atoms with Crippen LogP contribution < -0.4 is 4.72 Å². The second kappa shape index (κ2) is 4.72. The lowest BCUT2D eigenvalue weighted by Gasteiger charge is -2.20. The lowest BCUT2D eigenvalue weighted by molar-refractivity contribution is 0.496. The smallest absolute Gasteiger partial charge is 0.206 e. The summed E-state index contributed by atoms with van der Waals surface area (Å²) in [5.41, 5.74) is -1.09. The molecule has 0 saturated heterocycles. The zero-order valence-electron chi connectivity index (χ0n) is 8.82. The first-order valence-corrected chi connectivity index (χ1v) is 7.21. The number of rotatable bonds is 4. The van der Waals surface area contributed by atoms with E-state index in [-0.39, 0.29) is 4.21 Å². The molecule has 1 unspecified atom stereocenters. The van der Waals surface area contributed by atoms with Gasteiger partial charge < -0.3 is 0 Å². The van der Waals surface area contributed by atoms with Crippen molar-refractivity contribution in [2.75, 3.05) is 0 Å². The van der Waals surface area contributed by atoms with Gasteiger partial charge in [0.2, 0.25) is 0 Å². The van der Waals surface area contributed by atoms with E-state index in [1.807, 2.05) is 6.07 Å². The van der Waals surface area contributed by atoms with Gasteiger partial charge >= 0.3 is 0 Å². The molecular formula is C9H11ClN2O2S2. The van der Waals surface area contributed by atoms with Crippen LogP contribution in [0.25, 0.3) is 0 Å². The van der Waals surface area contributed by atoms with Crippen molar-refractivity contribution in [3.8, 4) is 6.07 Å². The minimum atomic E-state index is -3.66. The molecule has 0 saturated carbocycles. The Morgan fingerprint density at radius 1 is 1.62 bits per heavy atom. The fourth-order valence-corrected chi connectivity index (χ4v) is 3.84. The molecule has 0 aromatic carbocycles. The molecule has 0 amide bonds. The fourth-order valence-electron chi connectivity index (χ4n) is 0.963. The first-order chi connectivity index (χ1) is 7.33. The van der Waals surface area contributed by atoms with Gasteiger partial charge in [0.05, 0.1) is 10.4 Å². The molecule has 1 rings (SSSR count). The van der Waals surface area contributed by atoms with E-state index in [0.717, 1.165) is 11.3 Å². The fraction of sp³-hybridized carbons (Fsp3) is 0.444. The number of thiophene rings is 1. The Bertz CT molecular complexity index is 518. The number of nitriles is 1. The van der Waals surface area contributed by atoms with Crippen LogP contribution >= 0.6 is 22.9 Å². The Hall–Kier alpha value is -0.610. The molecule has 0 bridgehead atoms. The summed E-state index contributed by atoms with van der Waals surface area (Å²) in [6.07, 6.45) is 0.391. The minimum absolute atomic E-state index is 0.118. The summed E-state index contributed by atoms with van der Waals surface area (Å²) in [7, 11) is -3.66. The van der Waals surface area contributed by atoms with Gasteiger partial charge in [-0.3, -0.25) is 0 Å². The van der Waals surface area contributed by atoms with Crippen molar-refractivity contribution in [1.29, 1.82) is 5.26 Å². The molecule has 0 fully saturated rings. The predicted molar refractivity (Wildman–Crippen MR) is 64.0 cm³/mol. The van der Waals surface area contributed by atoms with Crippen LogP contribution in [-0.4, -0.2) is 14.0 Å². The highest BCUT2D eigenvalue weighted by atomic mass is 35.5. The number of halogens is 1. The minimum Gasteiger partial charge on any atom is -0.206 e. The van der Waals surface area contributed by atoms with Crippen LogP contribution in [0.1, 0.15) is 20.3 Å². The van der Waals surface area contributed by atoms with Gasteiger partial charge in [0.15, 0.2) is 0 Å². The highest BCUT2D eigenvalue weighted by Gasteiger charge is 2.29. The van der Waals surface area contributed by atoms with Crippen LogP contribution in [0.3, 0.4) is 0 Å². The van der Waals surface area contributed by atoms with Gasteiger partial charge in [-0.15, -0.1) is 11.3 Å². The van der Waals surface area contributed by atoms with E-state index in [9.17, 15) is 8.42 Å². The number of nitrogens with zero attached hydrogens (tertiary/aromatic N) is 1. The molecule has 16 heavy (non-hydrogen) atoms. The van der Waals surface area contributed by atoms with Crippen molar-refractivity contribution >= 4 is 33.0 Å². The molecule has 1 heterocycles. The number of nitrogens with one attached hydrogen (secondary N) is 1. The Kier molecular flexibility index (Phi) is 3.97. The highest BCUT2D eigenvalue weighted by molar-refractivity contribution is 7.91. The zero-order valence-corrected chi connectivity index (χ0v) is 11.2. The summed E-state index contributed by atoms with van der Waals surface area (Å²) in [5, 5.41) is 8.90. The van der Waals surface area contributed by atoms with Crippen LogP contribution in [0.2, 0.25) is 4.34 Å². The van der Waals surface area contributed by atoms with Crippen LogP contribution in [0.5, 0.6) is 0 Å². The van der Waals surface area contributed by atoms with E-state index < -0.39 is 15.6 Å². The SMILES string of the molecule is CCC(C)(C#N)NS(=O)(=O)c1ccc(Cl)s1. The Labute approximate surface area is 104 Å². The average Bonchev–Trinajstić information content (AvgIpc) is 2.65. The van der Waals surface area contributed by atoms with Gasteiger partial charge in [0.25, 0.3) is 10.0 Å². The maximum absolute atomic E-state index is 11.9. The normalized spacial score (nSPS) is 15.4. The highest BCUT2D eigenvalue weighted by Crippen LogP contribution is 2.26. The van der Waals surface area contributed by atoms with Gasteiger partial charge in [-0.25, -0.2) is 8.42 Å². The van der Waals surface area contributed by atoms with Gasteiger partial charge in [-0.05, 0) is 25.5 Å². The summed E-state index contributed by atoms with van der Waals surface area (Å²) < 4.78 is 26.6. The Balaban J connectivity index is 3.02. The number of sulfonamides is 1. The van der Waals surface area contributed by atoms with Crippen LogP contribution in [0, 0.1) is 11.3 Å². The van der Waals surface area contributed by atoms with E-state index in [0.29, 0.717) is 10.8 Å². The first-order valence-electron chi connectivity index (χ1n) is 4.53. The first kappa shape index (κ1) is 13.5. The summed E-state index contributed by atoms with van der Waals surface area (Å²) >= 11 is 6.63. The summed E-state index contributed by atoms with van der Waals surface area (Å²) in [6, 6.07) is 4.87. The summed E-state index contributed by atoms with van der Waals surface area (Å²) in [4.78, 5) is 0. The largest absolute Gasteiger partial charge is 0.251 e. The average molecular weight is 279 g/mol. The number of hydrogen-bond donors (Lipinski definition) is 1. The molecule has 7 heteroatoms. The molecule has 0 aliphatic carbocycles. The van der Waals surface area contributed by atoms with Crippen molar-refractivity contribution in [3.63, 3.8) is 0 Å². The second-order valence-corrected chi connectivity index (χ2v) is 7.09. The molecule has 0 radical (unpaired) electrons. The Morgan fingerprint density at radius 2 is 2.25 bits per heavy atom. The van der Waals surface area contributed by atoms with Gasteiger partial charge in [0, 0.05) is 0 Å². The van der Waals surface area contributed by atoms with Crippen LogP contribution in [0.4, 0.5) is 0 Å². The van der Waals surface area contributed by atoms with Crippen molar-refractivity contribution in [3.05, 3.63) is 16.5 Å². The Morgan fingerprint density at radius 3 is 2.62 bits per heavy atom. The lowest BCUT2D eigenvalue weighted by Crippen LogP contribution is -2.43. The van der Waals surface area contributed by atoms with Crippen molar-refractivity contribution in [1.82, 2.24) is 4.72 Å². The zero-order chi connectivity index (χ0) is 12.4. The molecule has 1 atom stereocenters. The van der Waals surface area contributed by atoms with E-state index in [4.69, 9.17) is 16.9 Å². The van der Waals surface area contributed by atoms with E-state index in [1.165, 1.54) is 12.1 Å².